The van der Waals surface area contributed by atoms with Crippen molar-refractivity contribution in [1.29, 1.82) is 0 Å². The molecule has 31 heavy (non-hydrogen) atoms. The molecule has 0 spiro atoms. The molecule has 2 aliphatic heterocycles. The van der Waals surface area contributed by atoms with Crippen LogP contribution in [0.15, 0.2) is 30.3 Å². The average molecular weight is 426 g/mol. The molecule has 4 rings (SSSR count). The van der Waals surface area contributed by atoms with Crippen molar-refractivity contribution in [3.63, 3.8) is 0 Å². The minimum Gasteiger partial charge on any atom is -0.467 e. The normalized spacial score (nSPS) is 14.8. The number of imide groups is 1. The number of rotatable bonds is 7. The number of fused-ring (bicyclic) bond motifs is 2. The molecule has 0 saturated carbocycles. The predicted octanol–water partition coefficient (Wildman–Crippen LogP) is 3.06. The van der Waals surface area contributed by atoms with E-state index < -0.39 is 0 Å². The van der Waals surface area contributed by atoms with Gasteiger partial charge in [-0.2, -0.15) is 0 Å². The molecule has 0 aromatic heterocycles. The van der Waals surface area contributed by atoms with Crippen LogP contribution in [0.3, 0.4) is 0 Å². The fraction of sp³-hybridized carbons (Fsp3) is 0.348. The number of hydrogen-bond donors (Lipinski definition) is 1. The first-order valence-electron chi connectivity index (χ1n) is 10.3. The predicted molar refractivity (Wildman–Crippen MR) is 109 cm³/mol. The van der Waals surface area contributed by atoms with E-state index in [9.17, 15) is 18.8 Å². The second kappa shape index (κ2) is 8.85. The van der Waals surface area contributed by atoms with Crippen LogP contribution in [-0.2, 0) is 17.8 Å². The van der Waals surface area contributed by atoms with Crippen LogP contribution in [0, 0.1) is 5.82 Å². The van der Waals surface area contributed by atoms with E-state index in [1.165, 1.54) is 35.2 Å². The summed E-state index contributed by atoms with van der Waals surface area (Å²) in [5.74, 6) is -0.849. The first-order chi connectivity index (χ1) is 15.0. The van der Waals surface area contributed by atoms with Crippen molar-refractivity contribution in [3.05, 3.63) is 64.0 Å². The number of unbranched alkanes of at least 4 members (excludes halogenated alkanes) is 1. The van der Waals surface area contributed by atoms with E-state index in [2.05, 4.69) is 5.32 Å². The van der Waals surface area contributed by atoms with Crippen LogP contribution in [0.5, 0.6) is 5.75 Å². The summed E-state index contributed by atoms with van der Waals surface area (Å²) >= 11 is 0. The molecular formula is C23H23FN2O5. The van der Waals surface area contributed by atoms with Crippen LogP contribution < -0.4 is 10.1 Å². The maximum atomic E-state index is 13.8. The van der Waals surface area contributed by atoms with Crippen molar-refractivity contribution in [3.8, 4) is 5.75 Å². The van der Waals surface area contributed by atoms with E-state index in [1.54, 1.807) is 0 Å². The van der Waals surface area contributed by atoms with Gasteiger partial charge in [0.25, 0.3) is 17.7 Å². The Morgan fingerprint density at radius 3 is 2.77 bits per heavy atom. The van der Waals surface area contributed by atoms with Gasteiger partial charge < -0.3 is 14.8 Å². The summed E-state index contributed by atoms with van der Waals surface area (Å²) in [7, 11) is 0. The molecule has 0 bridgehead atoms. The van der Waals surface area contributed by atoms with Gasteiger partial charge in [-0.3, -0.25) is 19.3 Å². The zero-order chi connectivity index (χ0) is 22.0. The van der Waals surface area contributed by atoms with Crippen LogP contribution in [0.4, 0.5) is 4.39 Å². The van der Waals surface area contributed by atoms with Crippen LogP contribution in [0.25, 0.3) is 0 Å². The summed E-state index contributed by atoms with van der Waals surface area (Å²) in [5, 5.41) is 2.78. The molecule has 1 N–H and O–H groups in total. The number of amides is 3. The first-order valence-corrected chi connectivity index (χ1v) is 10.3. The van der Waals surface area contributed by atoms with E-state index >= 15 is 0 Å². The maximum Gasteiger partial charge on any atom is 0.261 e. The maximum absolute atomic E-state index is 13.8. The SMILES string of the molecule is CCCCN1C(=O)c2ccc(C(=O)NCCc3cc(F)cc4c3OCOC4)cc2C1=O. The third-order valence-corrected chi connectivity index (χ3v) is 5.40. The Bertz CT molecular complexity index is 1050. The van der Waals surface area contributed by atoms with Crippen molar-refractivity contribution in [1.82, 2.24) is 10.2 Å². The van der Waals surface area contributed by atoms with Crippen molar-refractivity contribution in [2.24, 2.45) is 0 Å². The lowest BCUT2D eigenvalue weighted by Crippen LogP contribution is -2.30. The van der Waals surface area contributed by atoms with Crippen LogP contribution in [-0.4, -0.2) is 42.5 Å². The van der Waals surface area contributed by atoms with Gasteiger partial charge in [0.05, 0.1) is 17.7 Å². The fourth-order valence-corrected chi connectivity index (χ4v) is 3.81. The largest absolute Gasteiger partial charge is 0.467 e. The molecule has 0 fully saturated rings. The minimum atomic E-state index is -0.386. The second-order valence-electron chi connectivity index (χ2n) is 7.55. The summed E-state index contributed by atoms with van der Waals surface area (Å²) in [4.78, 5) is 38.8. The second-order valence-corrected chi connectivity index (χ2v) is 7.55. The fourth-order valence-electron chi connectivity index (χ4n) is 3.81. The van der Waals surface area contributed by atoms with Gasteiger partial charge >= 0.3 is 0 Å². The smallest absolute Gasteiger partial charge is 0.261 e. The molecule has 0 aliphatic carbocycles. The number of carbonyl (C=O) groups is 3. The topological polar surface area (TPSA) is 84.9 Å². The van der Waals surface area contributed by atoms with Gasteiger partial charge in [0, 0.05) is 24.2 Å². The number of nitrogens with zero attached hydrogens (tertiary/aromatic N) is 1. The molecule has 2 heterocycles. The summed E-state index contributed by atoms with van der Waals surface area (Å²) in [6, 6.07) is 7.28. The number of hydrogen-bond acceptors (Lipinski definition) is 5. The average Bonchev–Trinajstić information content (AvgIpc) is 3.01. The minimum absolute atomic E-state index is 0.106. The number of nitrogens with one attached hydrogen (secondary N) is 1. The van der Waals surface area contributed by atoms with E-state index in [-0.39, 0.29) is 49.0 Å². The summed E-state index contributed by atoms with van der Waals surface area (Å²) in [6.45, 7) is 3.00. The molecule has 0 saturated heterocycles. The summed E-state index contributed by atoms with van der Waals surface area (Å²) in [6.07, 6.45) is 1.98. The van der Waals surface area contributed by atoms with Gasteiger partial charge in [-0.15, -0.1) is 0 Å². The van der Waals surface area contributed by atoms with Gasteiger partial charge in [0.2, 0.25) is 0 Å². The van der Waals surface area contributed by atoms with Gasteiger partial charge in [-0.25, -0.2) is 4.39 Å². The number of benzene rings is 2. The van der Waals surface area contributed by atoms with Crippen molar-refractivity contribution in [2.45, 2.75) is 32.8 Å². The highest BCUT2D eigenvalue weighted by Crippen LogP contribution is 2.29. The Labute approximate surface area is 179 Å². The van der Waals surface area contributed by atoms with Gasteiger partial charge in [-0.05, 0) is 48.7 Å². The number of carbonyl (C=O) groups excluding carboxylic acids is 3. The first kappa shape index (κ1) is 21.0. The zero-order valence-electron chi connectivity index (χ0n) is 17.2. The highest BCUT2D eigenvalue weighted by Gasteiger charge is 2.35. The van der Waals surface area contributed by atoms with Crippen molar-refractivity contribution in [2.75, 3.05) is 19.9 Å². The molecule has 0 radical (unpaired) electrons. The molecule has 8 heteroatoms. The molecule has 162 valence electrons. The van der Waals surface area contributed by atoms with Crippen LogP contribution >= 0.6 is 0 Å². The Morgan fingerprint density at radius 1 is 1.16 bits per heavy atom. The zero-order valence-corrected chi connectivity index (χ0v) is 17.2. The molecule has 3 amide bonds. The standard InChI is InChI=1S/C23H23FN2O5/c1-2-3-8-26-22(28)18-5-4-15(11-19(18)23(26)29)21(27)25-7-6-14-9-17(24)10-16-12-30-13-31-20(14)16/h4-5,9-11H,2-3,6-8,12-13H2,1H3,(H,25,27). The lowest BCUT2D eigenvalue weighted by Gasteiger charge is -2.21. The molecule has 0 atom stereocenters. The molecule has 2 aliphatic rings. The van der Waals surface area contributed by atoms with Crippen molar-refractivity contribution >= 4 is 17.7 Å². The molecular weight excluding hydrogens is 403 g/mol. The van der Waals surface area contributed by atoms with Crippen LogP contribution in [0.1, 0.15) is 62.0 Å². The van der Waals surface area contributed by atoms with Gasteiger partial charge in [-0.1, -0.05) is 13.3 Å². The Kier molecular flexibility index (Phi) is 5.99. The molecule has 7 nitrogen and oxygen atoms in total. The lowest BCUT2D eigenvalue weighted by molar-refractivity contribution is -0.0172. The quantitative estimate of drug-likeness (QED) is 0.688. The van der Waals surface area contributed by atoms with Crippen LogP contribution in [0.2, 0.25) is 0 Å². The Morgan fingerprint density at radius 2 is 1.97 bits per heavy atom. The highest BCUT2D eigenvalue weighted by atomic mass is 19.1. The van der Waals surface area contributed by atoms with Gasteiger partial charge in [0.1, 0.15) is 11.6 Å². The molecule has 0 unspecified atom stereocenters. The van der Waals surface area contributed by atoms with E-state index in [0.29, 0.717) is 41.0 Å². The third-order valence-electron chi connectivity index (χ3n) is 5.40. The Hall–Kier alpha value is -3.26. The number of ether oxygens (including phenoxy) is 2. The highest BCUT2D eigenvalue weighted by molar-refractivity contribution is 6.22. The molecule has 2 aromatic carbocycles. The summed E-state index contributed by atoms with van der Waals surface area (Å²) < 4.78 is 24.5. The van der Waals surface area contributed by atoms with E-state index in [4.69, 9.17) is 9.47 Å². The molecule has 2 aromatic rings. The van der Waals surface area contributed by atoms with E-state index in [1.807, 2.05) is 6.92 Å². The number of halogens is 1. The van der Waals surface area contributed by atoms with Crippen molar-refractivity contribution < 1.29 is 28.2 Å². The third kappa shape index (κ3) is 4.16. The lowest BCUT2D eigenvalue weighted by atomic mass is 10.0. The van der Waals surface area contributed by atoms with Gasteiger partial charge in [0.15, 0.2) is 6.79 Å². The summed E-state index contributed by atoms with van der Waals surface area (Å²) in [5.41, 5.74) is 2.16. The monoisotopic (exact) mass is 426 g/mol. The van der Waals surface area contributed by atoms with E-state index in [0.717, 1.165) is 12.8 Å². The Balaban J connectivity index is 1.42.